The van der Waals surface area contributed by atoms with Crippen molar-refractivity contribution in [1.82, 2.24) is 5.32 Å². The van der Waals surface area contributed by atoms with Gasteiger partial charge < -0.3 is 10.1 Å². The second-order valence-electron chi connectivity index (χ2n) is 5.83. The van der Waals surface area contributed by atoms with E-state index in [1.165, 1.54) is 19.2 Å². The van der Waals surface area contributed by atoms with Gasteiger partial charge in [-0.2, -0.15) is 0 Å². The zero-order valence-electron chi connectivity index (χ0n) is 14.8. The molecule has 2 rings (SSSR count). The molecule has 2 aromatic carbocycles. The lowest BCUT2D eigenvalue weighted by Crippen LogP contribution is -2.35. The van der Waals surface area contributed by atoms with Crippen molar-refractivity contribution < 1.29 is 22.3 Å². The molecule has 0 aromatic heterocycles. The van der Waals surface area contributed by atoms with Crippen molar-refractivity contribution >= 4 is 21.6 Å². The third-order valence-corrected chi connectivity index (χ3v) is 4.97. The first-order chi connectivity index (χ1) is 12.2. The number of nitrogens with zero attached hydrogens (tertiary/aromatic N) is 1. The predicted molar refractivity (Wildman–Crippen MR) is 98.0 cm³/mol. The minimum atomic E-state index is -3.34. The highest BCUT2D eigenvalue weighted by Gasteiger charge is 2.15. The third-order valence-electron chi connectivity index (χ3n) is 3.76. The summed E-state index contributed by atoms with van der Waals surface area (Å²) >= 11 is 0. The Morgan fingerprint density at radius 2 is 1.73 bits per heavy atom. The maximum atomic E-state index is 12.9. The highest BCUT2D eigenvalue weighted by atomic mass is 32.2. The van der Waals surface area contributed by atoms with Crippen LogP contribution >= 0.6 is 0 Å². The van der Waals surface area contributed by atoms with E-state index in [0.717, 1.165) is 16.1 Å². The zero-order valence-corrected chi connectivity index (χ0v) is 15.6. The lowest BCUT2D eigenvalue weighted by molar-refractivity contribution is -0.127. The molecule has 140 valence electrons. The Hall–Kier alpha value is -2.61. The summed E-state index contributed by atoms with van der Waals surface area (Å²) in [6.45, 7) is 1.88. The van der Waals surface area contributed by atoms with E-state index in [1.807, 2.05) is 0 Å². The van der Waals surface area contributed by atoms with Gasteiger partial charge in [0.1, 0.15) is 11.6 Å². The summed E-state index contributed by atoms with van der Waals surface area (Å²) in [6.07, 6.45) is 0.374. The van der Waals surface area contributed by atoms with E-state index in [1.54, 1.807) is 43.3 Å². The summed E-state index contributed by atoms with van der Waals surface area (Å²) in [4.78, 5) is 12.1. The molecule has 1 atom stereocenters. The largest absolute Gasteiger partial charge is 0.481 e. The molecule has 0 aliphatic heterocycles. The summed E-state index contributed by atoms with van der Waals surface area (Å²) in [5.41, 5.74) is 1.27. The van der Waals surface area contributed by atoms with Crippen molar-refractivity contribution in [2.24, 2.45) is 0 Å². The average molecular weight is 380 g/mol. The lowest BCUT2D eigenvalue weighted by Gasteiger charge is -2.18. The molecule has 8 heteroatoms. The normalized spacial score (nSPS) is 12.3. The second-order valence-corrected chi connectivity index (χ2v) is 7.84. The van der Waals surface area contributed by atoms with Gasteiger partial charge in [0.05, 0.1) is 11.9 Å². The first-order valence-corrected chi connectivity index (χ1v) is 9.74. The molecular formula is C18H21FN2O4S. The van der Waals surface area contributed by atoms with Crippen LogP contribution in [0.5, 0.6) is 5.75 Å². The van der Waals surface area contributed by atoms with Crippen LogP contribution in [0, 0.1) is 5.82 Å². The van der Waals surface area contributed by atoms with Crippen LogP contribution in [-0.2, 0) is 21.4 Å². The fraction of sp³-hybridized carbons (Fsp3) is 0.278. The Bertz CT molecular complexity index is 852. The first-order valence-electron chi connectivity index (χ1n) is 7.89. The fourth-order valence-corrected chi connectivity index (χ4v) is 2.62. The number of benzene rings is 2. The molecule has 26 heavy (non-hydrogen) atoms. The van der Waals surface area contributed by atoms with Crippen LogP contribution in [0.25, 0.3) is 0 Å². The number of sulfonamides is 1. The van der Waals surface area contributed by atoms with Crippen LogP contribution in [0.2, 0.25) is 0 Å². The molecule has 6 nitrogen and oxygen atoms in total. The summed E-state index contributed by atoms with van der Waals surface area (Å²) in [5.74, 6) is -0.200. The number of nitrogens with one attached hydrogen (secondary N) is 1. The van der Waals surface area contributed by atoms with Crippen molar-refractivity contribution in [3.63, 3.8) is 0 Å². The third kappa shape index (κ3) is 5.45. The van der Waals surface area contributed by atoms with E-state index < -0.39 is 16.1 Å². The molecule has 0 aliphatic rings. The number of ether oxygens (including phenoxy) is 1. The van der Waals surface area contributed by atoms with E-state index in [4.69, 9.17) is 4.74 Å². The predicted octanol–water partition coefficient (Wildman–Crippen LogP) is 2.31. The van der Waals surface area contributed by atoms with Crippen LogP contribution < -0.4 is 14.4 Å². The molecule has 0 radical (unpaired) electrons. The number of amides is 1. The van der Waals surface area contributed by atoms with Crippen molar-refractivity contribution in [2.75, 3.05) is 17.6 Å². The van der Waals surface area contributed by atoms with E-state index >= 15 is 0 Å². The minimum absolute atomic E-state index is 0.269. The molecule has 1 amide bonds. The maximum Gasteiger partial charge on any atom is 0.261 e. The van der Waals surface area contributed by atoms with Gasteiger partial charge in [0.25, 0.3) is 5.91 Å². The number of hydrogen-bond acceptors (Lipinski definition) is 4. The molecule has 1 N–H and O–H groups in total. The van der Waals surface area contributed by atoms with Crippen molar-refractivity contribution in [2.45, 2.75) is 19.6 Å². The molecular weight excluding hydrogens is 359 g/mol. The lowest BCUT2D eigenvalue weighted by atomic mass is 10.2. The highest BCUT2D eigenvalue weighted by molar-refractivity contribution is 7.92. The number of anilines is 1. The van der Waals surface area contributed by atoms with Gasteiger partial charge in [0.2, 0.25) is 10.0 Å². The number of halogens is 1. The molecule has 0 saturated carbocycles. The smallest absolute Gasteiger partial charge is 0.261 e. The molecule has 0 bridgehead atoms. The van der Waals surface area contributed by atoms with Crippen LogP contribution in [0.3, 0.4) is 0 Å². The van der Waals surface area contributed by atoms with E-state index in [-0.39, 0.29) is 18.3 Å². The van der Waals surface area contributed by atoms with Gasteiger partial charge in [0.15, 0.2) is 6.10 Å². The van der Waals surface area contributed by atoms with Crippen LogP contribution in [0.4, 0.5) is 10.1 Å². The highest BCUT2D eigenvalue weighted by Crippen LogP contribution is 2.21. The first kappa shape index (κ1) is 19.7. The van der Waals surface area contributed by atoms with Crippen molar-refractivity contribution in [3.05, 3.63) is 59.9 Å². The Labute approximate surface area is 152 Å². The Morgan fingerprint density at radius 1 is 1.15 bits per heavy atom. The SMILES string of the molecule is C[C@H](Oc1ccc(N(C)S(C)(=O)=O)cc1)C(=O)NCc1ccc(F)cc1. The fourth-order valence-electron chi connectivity index (χ4n) is 2.12. The summed E-state index contributed by atoms with van der Waals surface area (Å²) < 4.78 is 42.6. The number of rotatable bonds is 7. The number of hydrogen-bond donors (Lipinski definition) is 1. The van der Waals surface area contributed by atoms with Gasteiger partial charge >= 0.3 is 0 Å². The van der Waals surface area contributed by atoms with Crippen molar-refractivity contribution in [3.8, 4) is 5.75 Å². The van der Waals surface area contributed by atoms with Crippen LogP contribution in [0.1, 0.15) is 12.5 Å². The Morgan fingerprint density at radius 3 is 2.27 bits per heavy atom. The summed E-state index contributed by atoms with van der Waals surface area (Å²) in [7, 11) is -1.88. The Balaban J connectivity index is 1.91. The minimum Gasteiger partial charge on any atom is -0.481 e. The molecule has 0 aliphatic carbocycles. The van der Waals surface area contributed by atoms with Gasteiger partial charge in [-0.3, -0.25) is 9.10 Å². The van der Waals surface area contributed by atoms with Gasteiger partial charge in [-0.15, -0.1) is 0 Å². The monoisotopic (exact) mass is 380 g/mol. The van der Waals surface area contributed by atoms with Crippen LogP contribution in [-0.4, -0.2) is 33.7 Å². The summed E-state index contributed by atoms with van der Waals surface area (Å²) in [6, 6.07) is 12.2. The van der Waals surface area contributed by atoms with Gasteiger partial charge in [-0.05, 0) is 48.9 Å². The quantitative estimate of drug-likeness (QED) is 0.800. The molecule has 0 fully saturated rings. The standard InChI is InChI=1S/C18H21FN2O4S/c1-13(18(22)20-12-14-4-6-15(19)7-5-14)25-17-10-8-16(9-11-17)21(2)26(3,23)24/h4-11,13H,12H2,1-3H3,(H,20,22)/t13-/m0/s1. The molecule has 0 heterocycles. The maximum absolute atomic E-state index is 12.9. The van der Waals surface area contributed by atoms with E-state index in [2.05, 4.69) is 5.32 Å². The molecule has 0 saturated heterocycles. The van der Waals surface area contributed by atoms with Crippen LogP contribution in [0.15, 0.2) is 48.5 Å². The van der Waals surface area contributed by atoms with E-state index in [9.17, 15) is 17.6 Å². The summed E-state index contributed by atoms with van der Waals surface area (Å²) in [5, 5.41) is 2.71. The van der Waals surface area contributed by atoms with E-state index in [0.29, 0.717) is 11.4 Å². The molecule has 0 spiro atoms. The van der Waals surface area contributed by atoms with Crippen molar-refractivity contribution in [1.29, 1.82) is 0 Å². The zero-order chi connectivity index (χ0) is 19.3. The Kier molecular flexibility index (Phi) is 6.20. The van der Waals surface area contributed by atoms with Gasteiger partial charge in [0, 0.05) is 13.6 Å². The molecule has 0 unspecified atom stereocenters. The molecule has 2 aromatic rings. The van der Waals surface area contributed by atoms with Gasteiger partial charge in [-0.1, -0.05) is 12.1 Å². The number of carbonyl (C=O) groups is 1. The topological polar surface area (TPSA) is 75.7 Å². The average Bonchev–Trinajstić information content (AvgIpc) is 2.60. The second kappa shape index (κ2) is 8.18. The number of carbonyl (C=O) groups excluding carboxylic acids is 1. The van der Waals surface area contributed by atoms with Gasteiger partial charge in [-0.25, -0.2) is 12.8 Å².